The molecular formula is C24H29BrCl2N2O2S. The minimum Gasteiger partial charge on any atom is -0.354 e. The first kappa shape index (κ1) is 27.0. The Morgan fingerprint density at radius 2 is 1.72 bits per heavy atom. The van der Waals surface area contributed by atoms with Gasteiger partial charge >= 0.3 is 0 Å². The Morgan fingerprint density at radius 3 is 2.28 bits per heavy atom. The van der Waals surface area contributed by atoms with Gasteiger partial charge in [-0.1, -0.05) is 78.1 Å². The molecule has 32 heavy (non-hydrogen) atoms. The summed E-state index contributed by atoms with van der Waals surface area (Å²) in [5, 5.41) is 3.92. The van der Waals surface area contributed by atoms with E-state index in [0.29, 0.717) is 40.2 Å². The van der Waals surface area contributed by atoms with Crippen molar-refractivity contribution < 1.29 is 9.59 Å². The first-order valence-corrected chi connectivity index (χ1v) is 13.3. The Kier molecular flexibility index (Phi) is 11.4. The van der Waals surface area contributed by atoms with E-state index in [4.69, 9.17) is 23.2 Å². The monoisotopic (exact) mass is 558 g/mol. The lowest BCUT2D eigenvalue weighted by Crippen LogP contribution is -2.50. The molecule has 1 N–H and O–H groups in total. The Labute approximate surface area is 213 Å². The number of halogens is 3. The summed E-state index contributed by atoms with van der Waals surface area (Å²) in [6.45, 7) is 6.72. The first-order chi connectivity index (χ1) is 15.2. The van der Waals surface area contributed by atoms with Crippen LogP contribution in [0.4, 0.5) is 0 Å². The second-order valence-electron chi connectivity index (χ2n) is 7.90. The van der Waals surface area contributed by atoms with Crippen LogP contribution in [0.1, 0.15) is 38.3 Å². The average Bonchev–Trinajstić information content (AvgIpc) is 2.75. The van der Waals surface area contributed by atoms with Crippen molar-refractivity contribution in [3.63, 3.8) is 0 Å². The molecule has 8 heteroatoms. The molecule has 1 atom stereocenters. The van der Waals surface area contributed by atoms with Gasteiger partial charge < -0.3 is 10.2 Å². The summed E-state index contributed by atoms with van der Waals surface area (Å²) in [5.41, 5.74) is 1.78. The summed E-state index contributed by atoms with van der Waals surface area (Å²) in [5.74, 6) is 1.01. The molecule has 0 aliphatic heterocycles. The zero-order valence-corrected chi connectivity index (χ0v) is 22.5. The molecule has 0 aliphatic rings. The van der Waals surface area contributed by atoms with Crippen molar-refractivity contribution in [3.8, 4) is 0 Å². The minimum atomic E-state index is -0.595. The Balaban J connectivity index is 2.18. The van der Waals surface area contributed by atoms with Gasteiger partial charge in [0.2, 0.25) is 11.8 Å². The standard InChI is InChI=1S/C24H29BrCl2N2O2S/c1-4-22(24(31)28-12-16(2)3)29(13-19-20(26)6-5-7-21(19)27)23(30)15-32-14-17-8-10-18(25)11-9-17/h5-11,16,22H,4,12-15H2,1-3H3,(H,28,31)/t22-/m0/s1. The number of carbonyl (C=O) groups is 2. The van der Waals surface area contributed by atoms with Crippen LogP contribution in [0.25, 0.3) is 0 Å². The molecule has 2 amide bonds. The smallest absolute Gasteiger partial charge is 0.242 e. The molecule has 0 unspecified atom stereocenters. The van der Waals surface area contributed by atoms with Crippen LogP contribution in [0.2, 0.25) is 10.0 Å². The molecule has 0 heterocycles. The molecule has 0 aromatic heterocycles. The highest BCUT2D eigenvalue weighted by Gasteiger charge is 2.29. The largest absolute Gasteiger partial charge is 0.354 e. The first-order valence-electron chi connectivity index (χ1n) is 10.5. The molecule has 0 spiro atoms. The van der Waals surface area contributed by atoms with Crippen LogP contribution >= 0.6 is 50.9 Å². The number of thioether (sulfide) groups is 1. The minimum absolute atomic E-state index is 0.116. The van der Waals surface area contributed by atoms with E-state index in [0.717, 1.165) is 10.0 Å². The van der Waals surface area contributed by atoms with Gasteiger partial charge in [-0.2, -0.15) is 0 Å². The maximum Gasteiger partial charge on any atom is 0.242 e. The third-order valence-electron chi connectivity index (χ3n) is 4.87. The molecule has 2 aromatic carbocycles. The Hall–Kier alpha value is -1.21. The molecular weight excluding hydrogens is 531 g/mol. The van der Waals surface area contributed by atoms with E-state index >= 15 is 0 Å². The van der Waals surface area contributed by atoms with Gasteiger partial charge in [-0.25, -0.2) is 0 Å². The van der Waals surface area contributed by atoms with Gasteiger partial charge in [0.1, 0.15) is 6.04 Å². The predicted octanol–water partition coefficient (Wildman–Crippen LogP) is 6.57. The summed E-state index contributed by atoms with van der Waals surface area (Å²) >= 11 is 17.7. The van der Waals surface area contributed by atoms with Gasteiger partial charge in [-0.05, 0) is 42.2 Å². The Bertz CT molecular complexity index is 889. The van der Waals surface area contributed by atoms with E-state index in [-0.39, 0.29) is 24.1 Å². The van der Waals surface area contributed by atoms with E-state index in [9.17, 15) is 9.59 Å². The van der Waals surface area contributed by atoms with E-state index in [1.807, 2.05) is 45.0 Å². The molecule has 0 saturated heterocycles. The van der Waals surface area contributed by atoms with Crippen molar-refractivity contribution in [2.75, 3.05) is 12.3 Å². The van der Waals surface area contributed by atoms with E-state index in [1.54, 1.807) is 23.1 Å². The topological polar surface area (TPSA) is 49.4 Å². The van der Waals surface area contributed by atoms with Crippen LogP contribution in [0.5, 0.6) is 0 Å². The fraction of sp³-hybridized carbons (Fsp3) is 0.417. The van der Waals surface area contributed by atoms with Gasteiger partial charge in [0.05, 0.1) is 5.75 Å². The van der Waals surface area contributed by atoms with Crippen molar-refractivity contribution in [2.24, 2.45) is 5.92 Å². The lowest BCUT2D eigenvalue weighted by molar-refractivity contribution is -0.139. The number of nitrogens with zero attached hydrogens (tertiary/aromatic N) is 1. The second kappa shape index (κ2) is 13.5. The maximum absolute atomic E-state index is 13.3. The second-order valence-corrected chi connectivity index (χ2v) is 10.6. The number of rotatable bonds is 11. The predicted molar refractivity (Wildman–Crippen MR) is 139 cm³/mol. The highest BCUT2D eigenvalue weighted by Crippen LogP contribution is 2.27. The van der Waals surface area contributed by atoms with Crippen molar-refractivity contribution in [2.45, 2.75) is 45.5 Å². The number of hydrogen-bond donors (Lipinski definition) is 1. The summed E-state index contributed by atoms with van der Waals surface area (Å²) in [6.07, 6.45) is 0.495. The summed E-state index contributed by atoms with van der Waals surface area (Å²) < 4.78 is 1.02. The number of amides is 2. The SMILES string of the molecule is CC[C@@H](C(=O)NCC(C)C)N(Cc1c(Cl)cccc1Cl)C(=O)CSCc1ccc(Br)cc1. The van der Waals surface area contributed by atoms with E-state index in [1.165, 1.54) is 11.8 Å². The zero-order valence-electron chi connectivity index (χ0n) is 18.5. The van der Waals surface area contributed by atoms with Crippen LogP contribution < -0.4 is 5.32 Å². The fourth-order valence-electron chi connectivity index (χ4n) is 3.12. The number of benzene rings is 2. The van der Waals surface area contributed by atoms with Gasteiger partial charge in [0, 0.05) is 38.9 Å². The molecule has 0 fully saturated rings. The molecule has 0 bridgehead atoms. The van der Waals surface area contributed by atoms with Crippen molar-refractivity contribution in [1.82, 2.24) is 10.2 Å². The van der Waals surface area contributed by atoms with Crippen molar-refractivity contribution in [1.29, 1.82) is 0 Å². The lowest BCUT2D eigenvalue weighted by Gasteiger charge is -2.31. The molecule has 0 saturated carbocycles. The third kappa shape index (κ3) is 8.29. The van der Waals surface area contributed by atoms with Gasteiger partial charge in [0.25, 0.3) is 0 Å². The van der Waals surface area contributed by atoms with Crippen LogP contribution in [-0.4, -0.2) is 35.1 Å². The molecule has 4 nitrogen and oxygen atoms in total. The van der Waals surface area contributed by atoms with E-state index in [2.05, 4.69) is 21.2 Å². The quantitative estimate of drug-likeness (QED) is 0.339. The lowest BCUT2D eigenvalue weighted by atomic mass is 10.1. The Morgan fingerprint density at radius 1 is 1.09 bits per heavy atom. The highest BCUT2D eigenvalue weighted by atomic mass is 79.9. The molecule has 0 aliphatic carbocycles. The maximum atomic E-state index is 13.3. The van der Waals surface area contributed by atoms with Crippen LogP contribution in [-0.2, 0) is 21.9 Å². The van der Waals surface area contributed by atoms with Crippen LogP contribution in [0, 0.1) is 5.92 Å². The third-order valence-corrected chi connectivity index (χ3v) is 7.09. The van der Waals surface area contributed by atoms with Crippen molar-refractivity contribution >= 4 is 62.7 Å². The molecule has 174 valence electrons. The van der Waals surface area contributed by atoms with Gasteiger partial charge in [0.15, 0.2) is 0 Å². The molecule has 0 radical (unpaired) electrons. The van der Waals surface area contributed by atoms with E-state index < -0.39 is 6.04 Å². The average molecular weight is 560 g/mol. The normalized spacial score (nSPS) is 12.0. The van der Waals surface area contributed by atoms with Crippen LogP contribution in [0.15, 0.2) is 46.9 Å². The summed E-state index contributed by atoms with van der Waals surface area (Å²) in [7, 11) is 0. The zero-order chi connectivity index (χ0) is 23.7. The van der Waals surface area contributed by atoms with Crippen molar-refractivity contribution in [3.05, 3.63) is 68.1 Å². The fourth-order valence-corrected chi connectivity index (χ4v) is 4.77. The van der Waals surface area contributed by atoms with Gasteiger partial charge in [-0.15, -0.1) is 11.8 Å². The van der Waals surface area contributed by atoms with Gasteiger partial charge in [-0.3, -0.25) is 9.59 Å². The highest BCUT2D eigenvalue weighted by molar-refractivity contribution is 9.10. The number of hydrogen-bond acceptors (Lipinski definition) is 3. The summed E-state index contributed by atoms with van der Waals surface area (Å²) in [4.78, 5) is 27.8. The number of nitrogens with one attached hydrogen (secondary N) is 1. The number of carbonyl (C=O) groups excluding carboxylic acids is 2. The summed E-state index contributed by atoms with van der Waals surface area (Å²) in [6, 6.07) is 12.7. The molecule has 2 aromatic rings. The molecule has 2 rings (SSSR count). The van der Waals surface area contributed by atoms with Crippen LogP contribution in [0.3, 0.4) is 0 Å².